The number of thiophene rings is 1. The molecule has 0 aromatic carbocycles. The zero-order valence-corrected chi connectivity index (χ0v) is 11.9. The van der Waals surface area contributed by atoms with Crippen LogP contribution in [0.2, 0.25) is 0 Å². The fourth-order valence-corrected chi connectivity index (χ4v) is 2.20. The number of hydrogen-bond acceptors (Lipinski definition) is 4. The maximum atomic E-state index is 11.7. The number of oxime groups is 1. The van der Waals surface area contributed by atoms with Crippen LogP contribution >= 0.6 is 27.3 Å². The first kappa shape index (κ1) is 14.0. The molecule has 94 valence electrons. The number of carbonyl (C=O) groups excluding carboxylic acids is 1. The highest BCUT2D eigenvalue weighted by molar-refractivity contribution is 9.11. The molecule has 5 nitrogen and oxygen atoms in total. The van der Waals surface area contributed by atoms with E-state index < -0.39 is 5.41 Å². The minimum Gasteiger partial charge on any atom is -0.409 e. The van der Waals surface area contributed by atoms with Crippen LogP contribution in [0.1, 0.15) is 24.2 Å². The van der Waals surface area contributed by atoms with Gasteiger partial charge in [-0.3, -0.25) is 4.79 Å². The van der Waals surface area contributed by atoms with Crippen molar-refractivity contribution >= 4 is 39.0 Å². The van der Waals surface area contributed by atoms with Gasteiger partial charge < -0.3 is 16.3 Å². The summed E-state index contributed by atoms with van der Waals surface area (Å²) in [5.41, 5.74) is 5.53. The Labute approximate surface area is 112 Å². The fourth-order valence-electron chi connectivity index (χ4n) is 1.06. The first-order valence-electron chi connectivity index (χ1n) is 4.87. The number of nitrogens with two attached hydrogens (primary N) is 1. The van der Waals surface area contributed by atoms with Crippen LogP contribution in [-0.4, -0.2) is 23.5 Å². The minimum atomic E-state index is -0.586. The van der Waals surface area contributed by atoms with E-state index in [1.165, 1.54) is 11.3 Å². The molecule has 1 aromatic heterocycles. The van der Waals surface area contributed by atoms with E-state index in [2.05, 4.69) is 26.4 Å². The van der Waals surface area contributed by atoms with Crippen molar-refractivity contribution in [2.24, 2.45) is 16.3 Å². The van der Waals surface area contributed by atoms with Crippen LogP contribution in [0.5, 0.6) is 0 Å². The van der Waals surface area contributed by atoms with Gasteiger partial charge in [-0.2, -0.15) is 0 Å². The molecular weight excluding hydrogens is 306 g/mol. The molecule has 0 saturated heterocycles. The molecule has 1 heterocycles. The SMILES string of the molecule is CC(C)(CNC(=O)c1csc(Br)c1)C(N)=NO. The van der Waals surface area contributed by atoms with Crippen molar-refractivity contribution in [2.75, 3.05) is 6.54 Å². The summed E-state index contributed by atoms with van der Waals surface area (Å²) < 4.78 is 0.901. The average Bonchev–Trinajstić information content (AvgIpc) is 2.71. The summed E-state index contributed by atoms with van der Waals surface area (Å²) in [6.07, 6.45) is 0. The molecule has 0 aliphatic carbocycles. The number of amidine groups is 1. The number of nitrogens with zero attached hydrogens (tertiary/aromatic N) is 1. The van der Waals surface area contributed by atoms with Crippen molar-refractivity contribution in [1.29, 1.82) is 0 Å². The Morgan fingerprint density at radius 3 is 2.82 bits per heavy atom. The van der Waals surface area contributed by atoms with Crippen LogP contribution in [0.25, 0.3) is 0 Å². The van der Waals surface area contributed by atoms with Crippen molar-refractivity contribution in [3.05, 3.63) is 20.8 Å². The van der Waals surface area contributed by atoms with Gasteiger partial charge in [0.1, 0.15) is 5.84 Å². The van der Waals surface area contributed by atoms with Crippen LogP contribution in [0, 0.1) is 5.41 Å². The first-order valence-corrected chi connectivity index (χ1v) is 6.54. The largest absolute Gasteiger partial charge is 0.409 e. The molecule has 4 N–H and O–H groups in total. The summed E-state index contributed by atoms with van der Waals surface area (Å²) >= 11 is 4.74. The number of rotatable bonds is 4. The van der Waals surface area contributed by atoms with Crippen LogP contribution in [0.4, 0.5) is 0 Å². The Balaban J connectivity index is 2.60. The fraction of sp³-hybridized carbons (Fsp3) is 0.400. The third kappa shape index (κ3) is 3.71. The Morgan fingerprint density at radius 2 is 2.35 bits per heavy atom. The Kier molecular flexibility index (Phi) is 4.53. The van der Waals surface area contributed by atoms with Gasteiger partial charge in [0, 0.05) is 17.3 Å². The lowest BCUT2D eigenvalue weighted by atomic mass is 9.92. The molecule has 7 heteroatoms. The molecule has 17 heavy (non-hydrogen) atoms. The molecule has 0 saturated carbocycles. The quantitative estimate of drug-likeness (QED) is 0.343. The predicted molar refractivity (Wildman–Crippen MR) is 71.5 cm³/mol. The zero-order chi connectivity index (χ0) is 13.1. The van der Waals surface area contributed by atoms with Gasteiger partial charge in [-0.05, 0) is 22.0 Å². The lowest BCUT2D eigenvalue weighted by molar-refractivity contribution is 0.0945. The summed E-state index contributed by atoms with van der Waals surface area (Å²) in [7, 11) is 0. The highest BCUT2D eigenvalue weighted by atomic mass is 79.9. The van der Waals surface area contributed by atoms with E-state index in [1.54, 1.807) is 25.3 Å². The molecular formula is C10H14BrN3O2S. The lowest BCUT2D eigenvalue weighted by Crippen LogP contribution is -2.42. The van der Waals surface area contributed by atoms with Gasteiger partial charge in [0.15, 0.2) is 0 Å². The molecule has 0 fully saturated rings. The smallest absolute Gasteiger partial charge is 0.252 e. The molecule has 0 atom stereocenters. The summed E-state index contributed by atoms with van der Waals surface area (Å²) in [6.45, 7) is 3.87. The van der Waals surface area contributed by atoms with E-state index in [4.69, 9.17) is 10.9 Å². The maximum absolute atomic E-state index is 11.7. The van der Waals surface area contributed by atoms with Gasteiger partial charge in [-0.15, -0.1) is 11.3 Å². The Hall–Kier alpha value is -1.08. The van der Waals surface area contributed by atoms with Crippen molar-refractivity contribution in [3.63, 3.8) is 0 Å². The van der Waals surface area contributed by atoms with Crippen molar-refractivity contribution in [1.82, 2.24) is 5.32 Å². The molecule has 0 unspecified atom stereocenters. The van der Waals surface area contributed by atoms with E-state index in [0.29, 0.717) is 12.1 Å². The summed E-state index contributed by atoms with van der Waals surface area (Å²) in [4.78, 5) is 11.7. The van der Waals surface area contributed by atoms with Crippen LogP contribution < -0.4 is 11.1 Å². The average molecular weight is 320 g/mol. The highest BCUT2D eigenvalue weighted by Gasteiger charge is 2.24. The third-order valence-corrected chi connectivity index (χ3v) is 3.83. The third-order valence-electron chi connectivity index (χ3n) is 2.32. The summed E-state index contributed by atoms with van der Waals surface area (Å²) in [5, 5.41) is 16.1. The molecule has 0 spiro atoms. The molecule has 1 aromatic rings. The minimum absolute atomic E-state index is 0.0873. The molecule has 0 bridgehead atoms. The summed E-state index contributed by atoms with van der Waals surface area (Å²) in [5.74, 6) is -0.0879. The van der Waals surface area contributed by atoms with E-state index in [1.807, 2.05) is 0 Å². The van der Waals surface area contributed by atoms with E-state index >= 15 is 0 Å². The number of nitrogens with one attached hydrogen (secondary N) is 1. The number of carbonyl (C=O) groups is 1. The van der Waals surface area contributed by atoms with Gasteiger partial charge in [0.25, 0.3) is 5.91 Å². The standard InChI is InChI=1S/C10H14BrN3O2S/c1-10(2,9(12)14-16)5-13-8(15)6-3-7(11)17-4-6/h3-4,16H,5H2,1-2H3,(H2,12,14)(H,13,15). The predicted octanol–water partition coefficient (Wildman–Crippen LogP) is 2.01. The highest BCUT2D eigenvalue weighted by Crippen LogP contribution is 2.21. The Morgan fingerprint density at radius 1 is 1.71 bits per heavy atom. The Bertz CT molecular complexity index is 443. The second kappa shape index (κ2) is 5.50. The molecule has 1 rings (SSSR count). The zero-order valence-electron chi connectivity index (χ0n) is 9.53. The second-order valence-corrected chi connectivity index (χ2v) is 6.48. The van der Waals surface area contributed by atoms with Gasteiger partial charge in [0.05, 0.1) is 9.35 Å². The lowest BCUT2D eigenvalue weighted by Gasteiger charge is -2.22. The maximum Gasteiger partial charge on any atom is 0.252 e. The van der Waals surface area contributed by atoms with Gasteiger partial charge >= 0.3 is 0 Å². The van der Waals surface area contributed by atoms with Gasteiger partial charge in [0.2, 0.25) is 0 Å². The van der Waals surface area contributed by atoms with Crippen LogP contribution in [0.3, 0.4) is 0 Å². The normalized spacial score (nSPS) is 12.5. The van der Waals surface area contributed by atoms with Crippen LogP contribution in [-0.2, 0) is 0 Å². The first-order chi connectivity index (χ1) is 7.86. The molecule has 0 radical (unpaired) electrons. The van der Waals surface area contributed by atoms with Crippen molar-refractivity contribution in [3.8, 4) is 0 Å². The van der Waals surface area contributed by atoms with E-state index in [-0.39, 0.29) is 11.7 Å². The number of hydrogen-bond donors (Lipinski definition) is 3. The topological polar surface area (TPSA) is 87.7 Å². The monoisotopic (exact) mass is 319 g/mol. The molecule has 0 aliphatic rings. The summed E-state index contributed by atoms with van der Waals surface area (Å²) in [6, 6.07) is 1.75. The number of halogens is 1. The van der Waals surface area contributed by atoms with Crippen LogP contribution in [0.15, 0.2) is 20.4 Å². The van der Waals surface area contributed by atoms with Gasteiger partial charge in [-0.25, -0.2) is 0 Å². The number of amides is 1. The van der Waals surface area contributed by atoms with Gasteiger partial charge in [-0.1, -0.05) is 19.0 Å². The van der Waals surface area contributed by atoms with Crippen molar-refractivity contribution < 1.29 is 10.0 Å². The van der Waals surface area contributed by atoms with E-state index in [0.717, 1.165) is 3.79 Å². The van der Waals surface area contributed by atoms with E-state index in [9.17, 15) is 4.79 Å². The second-order valence-electron chi connectivity index (χ2n) is 4.19. The molecule has 1 amide bonds. The van der Waals surface area contributed by atoms with Crippen molar-refractivity contribution in [2.45, 2.75) is 13.8 Å². The molecule has 0 aliphatic heterocycles.